The third kappa shape index (κ3) is 6.13. The average Bonchev–Trinajstić information content (AvgIpc) is 2.63. The fourth-order valence-electron chi connectivity index (χ4n) is 2.21. The summed E-state index contributed by atoms with van der Waals surface area (Å²) in [6.45, 7) is 7.44. The Labute approximate surface area is 144 Å². The second-order valence-electron chi connectivity index (χ2n) is 5.39. The lowest BCUT2D eigenvalue weighted by molar-refractivity contribution is 0.110. The van der Waals surface area contributed by atoms with E-state index in [1.165, 1.54) is 5.56 Å². The number of ether oxygens (including phenoxy) is 3. The predicted molar refractivity (Wildman–Crippen MR) is 98.0 cm³/mol. The Morgan fingerprint density at radius 1 is 0.833 bits per heavy atom. The fraction of sp³-hybridized carbons (Fsp3) is 0.400. The van der Waals surface area contributed by atoms with E-state index in [0.717, 1.165) is 36.8 Å². The van der Waals surface area contributed by atoms with Crippen LogP contribution in [0, 0.1) is 0 Å². The quantitative estimate of drug-likeness (QED) is 0.616. The van der Waals surface area contributed by atoms with Gasteiger partial charge in [-0.2, -0.15) is 0 Å². The molecule has 0 radical (unpaired) electrons. The second-order valence-corrected chi connectivity index (χ2v) is 5.39. The Balaban J connectivity index is 1.87. The molecule has 2 aromatic carbocycles. The van der Waals surface area contributed by atoms with Crippen LogP contribution in [0.15, 0.2) is 48.5 Å². The number of hydrogen-bond acceptors (Lipinski definition) is 4. The molecule has 4 heteroatoms. The summed E-state index contributed by atoms with van der Waals surface area (Å²) in [7, 11) is 0. The van der Waals surface area contributed by atoms with Crippen molar-refractivity contribution in [2.75, 3.05) is 31.7 Å². The van der Waals surface area contributed by atoms with Crippen LogP contribution in [0.5, 0.6) is 11.5 Å². The van der Waals surface area contributed by atoms with Crippen molar-refractivity contribution < 1.29 is 14.2 Å². The number of nitrogens with one attached hydrogen (secondary N) is 1. The Bertz CT molecular complexity index is 584. The third-order valence-electron chi connectivity index (χ3n) is 3.46. The van der Waals surface area contributed by atoms with Gasteiger partial charge in [-0.15, -0.1) is 0 Å². The lowest BCUT2D eigenvalue weighted by Gasteiger charge is -2.13. The van der Waals surface area contributed by atoms with Gasteiger partial charge in [0.15, 0.2) is 0 Å². The Morgan fingerprint density at radius 2 is 1.62 bits per heavy atom. The molecular weight excluding hydrogens is 302 g/mol. The SMILES string of the molecule is CCCOc1ccc(CNc2ccccc2OCCOCC)cc1. The van der Waals surface area contributed by atoms with Crippen LogP contribution in [0.2, 0.25) is 0 Å². The van der Waals surface area contributed by atoms with Crippen LogP contribution < -0.4 is 14.8 Å². The molecule has 0 aliphatic heterocycles. The molecule has 2 rings (SSSR count). The van der Waals surface area contributed by atoms with Crippen LogP contribution >= 0.6 is 0 Å². The van der Waals surface area contributed by atoms with Gasteiger partial charge >= 0.3 is 0 Å². The highest BCUT2D eigenvalue weighted by Gasteiger charge is 2.03. The summed E-state index contributed by atoms with van der Waals surface area (Å²) in [4.78, 5) is 0. The van der Waals surface area contributed by atoms with E-state index < -0.39 is 0 Å². The molecule has 0 aliphatic rings. The maximum Gasteiger partial charge on any atom is 0.142 e. The average molecular weight is 329 g/mol. The second kappa shape index (κ2) is 10.6. The van der Waals surface area contributed by atoms with Gasteiger partial charge in [-0.25, -0.2) is 0 Å². The summed E-state index contributed by atoms with van der Waals surface area (Å²) >= 11 is 0. The summed E-state index contributed by atoms with van der Waals surface area (Å²) in [5.74, 6) is 1.76. The van der Waals surface area contributed by atoms with Crippen LogP contribution in [0.25, 0.3) is 0 Å². The highest BCUT2D eigenvalue weighted by molar-refractivity contribution is 5.56. The third-order valence-corrected chi connectivity index (χ3v) is 3.46. The summed E-state index contributed by atoms with van der Waals surface area (Å²) in [5.41, 5.74) is 2.18. The minimum Gasteiger partial charge on any atom is -0.494 e. The van der Waals surface area contributed by atoms with E-state index in [1.54, 1.807) is 0 Å². The molecule has 4 nitrogen and oxygen atoms in total. The maximum atomic E-state index is 5.78. The van der Waals surface area contributed by atoms with Crippen LogP contribution in [-0.4, -0.2) is 26.4 Å². The lowest BCUT2D eigenvalue weighted by atomic mass is 10.2. The van der Waals surface area contributed by atoms with Crippen molar-refractivity contribution in [1.82, 2.24) is 0 Å². The highest BCUT2D eigenvalue weighted by atomic mass is 16.5. The van der Waals surface area contributed by atoms with Gasteiger partial charge in [0.1, 0.15) is 18.1 Å². The Morgan fingerprint density at radius 3 is 2.38 bits per heavy atom. The van der Waals surface area contributed by atoms with Gasteiger partial charge < -0.3 is 19.5 Å². The summed E-state index contributed by atoms with van der Waals surface area (Å²) < 4.78 is 16.7. The zero-order chi connectivity index (χ0) is 17.0. The van der Waals surface area contributed by atoms with E-state index >= 15 is 0 Å². The van der Waals surface area contributed by atoms with Crippen molar-refractivity contribution in [1.29, 1.82) is 0 Å². The van der Waals surface area contributed by atoms with Gasteiger partial charge in [0.25, 0.3) is 0 Å². The molecule has 0 bridgehead atoms. The molecule has 0 saturated heterocycles. The van der Waals surface area contributed by atoms with Crippen LogP contribution in [-0.2, 0) is 11.3 Å². The molecule has 2 aromatic rings. The zero-order valence-corrected chi connectivity index (χ0v) is 14.6. The van der Waals surface area contributed by atoms with E-state index in [9.17, 15) is 0 Å². The van der Waals surface area contributed by atoms with Crippen molar-refractivity contribution >= 4 is 5.69 Å². The first-order chi connectivity index (χ1) is 11.8. The van der Waals surface area contributed by atoms with Crippen molar-refractivity contribution in [3.8, 4) is 11.5 Å². The summed E-state index contributed by atoms with van der Waals surface area (Å²) in [6, 6.07) is 16.1. The van der Waals surface area contributed by atoms with Crippen molar-refractivity contribution in [2.24, 2.45) is 0 Å². The monoisotopic (exact) mass is 329 g/mol. The van der Waals surface area contributed by atoms with E-state index in [1.807, 2.05) is 43.3 Å². The minimum absolute atomic E-state index is 0.552. The molecule has 0 heterocycles. The highest BCUT2D eigenvalue weighted by Crippen LogP contribution is 2.24. The predicted octanol–water partition coefficient (Wildman–Crippen LogP) is 4.50. The van der Waals surface area contributed by atoms with Gasteiger partial charge in [0.2, 0.25) is 0 Å². The molecule has 0 unspecified atom stereocenters. The lowest BCUT2D eigenvalue weighted by Crippen LogP contribution is -2.08. The van der Waals surface area contributed by atoms with Crippen molar-refractivity contribution in [2.45, 2.75) is 26.8 Å². The first-order valence-electron chi connectivity index (χ1n) is 8.58. The standard InChI is InChI=1S/C20H27NO3/c1-3-13-23-18-11-9-17(10-12-18)16-21-19-7-5-6-8-20(19)24-15-14-22-4-2/h5-12,21H,3-4,13-16H2,1-2H3. The number of para-hydroxylation sites is 2. The van der Waals surface area contributed by atoms with Gasteiger partial charge in [-0.3, -0.25) is 0 Å². The first kappa shape index (κ1) is 18.1. The maximum absolute atomic E-state index is 5.78. The molecule has 0 spiro atoms. The van der Waals surface area contributed by atoms with E-state index in [2.05, 4.69) is 24.4 Å². The molecule has 24 heavy (non-hydrogen) atoms. The molecule has 0 aromatic heterocycles. The molecule has 130 valence electrons. The van der Waals surface area contributed by atoms with Gasteiger partial charge in [0, 0.05) is 13.2 Å². The van der Waals surface area contributed by atoms with Crippen LogP contribution in [0.1, 0.15) is 25.8 Å². The number of rotatable bonds is 11. The van der Waals surface area contributed by atoms with Gasteiger partial charge in [-0.05, 0) is 43.2 Å². The van der Waals surface area contributed by atoms with E-state index in [4.69, 9.17) is 14.2 Å². The Hall–Kier alpha value is -2.20. The minimum atomic E-state index is 0.552. The number of benzene rings is 2. The zero-order valence-electron chi connectivity index (χ0n) is 14.6. The molecule has 0 amide bonds. The largest absolute Gasteiger partial charge is 0.494 e. The smallest absolute Gasteiger partial charge is 0.142 e. The van der Waals surface area contributed by atoms with Crippen molar-refractivity contribution in [3.63, 3.8) is 0 Å². The Kier molecular flexibility index (Phi) is 7.98. The topological polar surface area (TPSA) is 39.7 Å². The molecule has 0 aliphatic carbocycles. The fourth-order valence-corrected chi connectivity index (χ4v) is 2.21. The first-order valence-corrected chi connectivity index (χ1v) is 8.58. The van der Waals surface area contributed by atoms with Crippen LogP contribution in [0.3, 0.4) is 0 Å². The molecule has 0 fully saturated rings. The van der Waals surface area contributed by atoms with E-state index in [0.29, 0.717) is 19.8 Å². The summed E-state index contributed by atoms with van der Waals surface area (Å²) in [6.07, 6.45) is 1.02. The molecule has 0 atom stereocenters. The van der Waals surface area contributed by atoms with Crippen molar-refractivity contribution in [3.05, 3.63) is 54.1 Å². The normalized spacial score (nSPS) is 10.4. The molecule has 0 saturated carbocycles. The van der Waals surface area contributed by atoms with Gasteiger partial charge in [-0.1, -0.05) is 31.2 Å². The van der Waals surface area contributed by atoms with Gasteiger partial charge in [0.05, 0.1) is 18.9 Å². The van der Waals surface area contributed by atoms with E-state index in [-0.39, 0.29) is 0 Å². The molecular formula is C20H27NO3. The number of anilines is 1. The number of hydrogen-bond donors (Lipinski definition) is 1. The molecule has 1 N–H and O–H groups in total. The summed E-state index contributed by atoms with van der Waals surface area (Å²) in [5, 5.41) is 3.43. The van der Waals surface area contributed by atoms with Crippen LogP contribution in [0.4, 0.5) is 5.69 Å².